The van der Waals surface area contributed by atoms with E-state index in [0.717, 1.165) is 19.4 Å². The molecule has 2 N–H and O–H groups in total. The van der Waals surface area contributed by atoms with Crippen LogP contribution in [-0.4, -0.2) is 35.6 Å². The molecule has 14 heavy (non-hydrogen) atoms. The van der Waals surface area contributed by atoms with Crippen molar-refractivity contribution < 1.29 is 14.3 Å². The van der Waals surface area contributed by atoms with Crippen LogP contribution in [0.5, 0.6) is 0 Å². The Balaban J connectivity index is 2.51. The van der Waals surface area contributed by atoms with Crippen LogP contribution in [0, 0.1) is 0 Å². The summed E-state index contributed by atoms with van der Waals surface area (Å²) in [6.45, 7) is 4.27. The van der Waals surface area contributed by atoms with Crippen LogP contribution in [0.2, 0.25) is 0 Å². The monoisotopic (exact) mass is 200 g/mol. The van der Waals surface area contributed by atoms with Crippen LogP contribution in [0.3, 0.4) is 0 Å². The lowest BCUT2D eigenvalue weighted by atomic mass is 10.2. The van der Waals surface area contributed by atoms with Gasteiger partial charge in [0, 0.05) is 12.6 Å². The normalized spacial score (nSPS) is 23.3. The van der Waals surface area contributed by atoms with Gasteiger partial charge in [0.25, 0.3) is 5.91 Å². The first-order valence-electron chi connectivity index (χ1n) is 4.79. The van der Waals surface area contributed by atoms with Gasteiger partial charge in [0.05, 0.1) is 0 Å². The van der Waals surface area contributed by atoms with Crippen LogP contribution in [0.25, 0.3) is 0 Å². The van der Waals surface area contributed by atoms with Gasteiger partial charge in [-0.25, -0.2) is 4.79 Å². The molecule has 0 aromatic carbocycles. The SMILES string of the molecule is CC(OC(N)=O)C(=O)N1CCC[C@@H]1C. The Labute approximate surface area is 83.2 Å². The molecule has 0 aliphatic carbocycles. The number of nitrogens with two attached hydrogens (primary N) is 1. The van der Waals surface area contributed by atoms with Gasteiger partial charge in [0.1, 0.15) is 0 Å². The number of primary amides is 1. The van der Waals surface area contributed by atoms with E-state index in [2.05, 4.69) is 4.74 Å². The highest BCUT2D eigenvalue weighted by Gasteiger charge is 2.29. The van der Waals surface area contributed by atoms with Crippen LogP contribution < -0.4 is 5.73 Å². The molecule has 0 saturated carbocycles. The third kappa shape index (κ3) is 2.37. The van der Waals surface area contributed by atoms with Gasteiger partial charge < -0.3 is 15.4 Å². The second kappa shape index (κ2) is 4.30. The van der Waals surface area contributed by atoms with Crippen molar-refractivity contribution in [2.45, 2.75) is 38.8 Å². The maximum absolute atomic E-state index is 11.7. The first-order valence-corrected chi connectivity index (χ1v) is 4.79. The summed E-state index contributed by atoms with van der Waals surface area (Å²) in [5.74, 6) is -0.159. The molecule has 0 aromatic heterocycles. The Hall–Kier alpha value is -1.26. The van der Waals surface area contributed by atoms with Crippen molar-refractivity contribution >= 4 is 12.0 Å². The number of ether oxygens (including phenoxy) is 1. The summed E-state index contributed by atoms with van der Waals surface area (Å²) in [5, 5.41) is 0. The number of carbonyl (C=O) groups excluding carboxylic acids is 2. The van der Waals surface area contributed by atoms with Crippen molar-refractivity contribution in [1.29, 1.82) is 0 Å². The molecule has 1 saturated heterocycles. The van der Waals surface area contributed by atoms with Gasteiger partial charge in [-0.1, -0.05) is 0 Å². The van der Waals surface area contributed by atoms with E-state index in [0.29, 0.717) is 0 Å². The Morgan fingerprint density at radius 1 is 1.57 bits per heavy atom. The smallest absolute Gasteiger partial charge is 0.405 e. The second-order valence-electron chi connectivity index (χ2n) is 3.60. The van der Waals surface area contributed by atoms with Gasteiger partial charge in [0.15, 0.2) is 6.10 Å². The molecule has 1 rings (SSSR count). The molecule has 1 aliphatic rings. The average molecular weight is 200 g/mol. The highest BCUT2D eigenvalue weighted by atomic mass is 16.6. The first kappa shape index (κ1) is 10.8. The van der Waals surface area contributed by atoms with E-state index >= 15 is 0 Å². The Morgan fingerprint density at radius 3 is 2.64 bits per heavy atom. The fourth-order valence-electron chi connectivity index (χ4n) is 1.72. The van der Waals surface area contributed by atoms with Crippen LogP contribution in [0.15, 0.2) is 0 Å². The number of hydrogen-bond acceptors (Lipinski definition) is 3. The maximum atomic E-state index is 11.7. The number of hydrogen-bond donors (Lipinski definition) is 1. The minimum absolute atomic E-state index is 0.159. The predicted molar refractivity (Wildman–Crippen MR) is 50.5 cm³/mol. The predicted octanol–water partition coefficient (Wildman–Crippen LogP) is 0.481. The van der Waals surface area contributed by atoms with Crippen molar-refractivity contribution in [2.75, 3.05) is 6.54 Å². The molecule has 0 bridgehead atoms. The van der Waals surface area contributed by atoms with E-state index in [-0.39, 0.29) is 11.9 Å². The molecule has 1 unspecified atom stereocenters. The van der Waals surface area contributed by atoms with E-state index in [9.17, 15) is 9.59 Å². The van der Waals surface area contributed by atoms with E-state index < -0.39 is 12.2 Å². The molecule has 2 amide bonds. The molecule has 2 atom stereocenters. The molecule has 1 heterocycles. The Kier molecular flexibility index (Phi) is 3.33. The van der Waals surface area contributed by atoms with Crippen LogP contribution >= 0.6 is 0 Å². The minimum Gasteiger partial charge on any atom is -0.437 e. The zero-order valence-electron chi connectivity index (χ0n) is 8.53. The molecule has 1 aliphatic heterocycles. The largest absolute Gasteiger partial charge is 0.437 e. The molecule has 5 heteroatoms. The summed E-state index contributed by atoms with van der Waals surface area (Å²) in [4.78, 5) is 23.9. The fourth-order valence-corrected chi connectivity index (χ4v) is 1.72. The topological polar surface area (TPSA) is 72.6 Å². The lowest BCUT2D eigenvalue weighted by molar-refractivity contribution is -0.139. The third-order valence-corrected chi connectivity index (χ3v) is 2.48. The van der Waals surface area contributed by atoms with Crippen LogP contribution in [0.4, 0.5) is 4.79 Å². The average Bonchev–Trinajstić information content (AvgIpc) is 2.48. The summed E-state index contributed by atoms with van der Waals surface area (Å²) in [6.07, 6.45) is 0.344. The number of likely N-dealkylation sites (tertiary alicyclic amines) is 1. The summed E-state index contributed by atoms with van der Waals surface area (Å²) >= 11 is 0. The molecular weight excluding hydrogens is 184 g/mol. The van der Waals surface area contributed by atoms with Crippen molar-refractivity contribution in [3.8, 4) is 0 Å². The number of carbonyl (C=O) groups is 2. The summed E-state index contributed by atoms with van der Waals surface area (Å²) in [6, 6.07) is 0.237. The van der Waals surface area contributed by atoms with E-state index in [1.54, 1.807) is 4.90 Å². The molecule has 0 spiro atoms. The lowest BCUT2D eigenvalue weighted by Crippen LogP contribution is -2.42. The van der Waals surface area contributed by atoms with Gasteiger partial charge in [-0.2, -0.15) is 0 Å². The number of rotatable bonds is 2. The standard InChI is InChI=1S/C9H16N2O3/c1-6-4-3-5-11(6)8(12)7(2)14-9(10)13/h6-7H,3-5H2,1-2H3,(H2,10,13)/t6-,7?/m0/s1. The molecule has 5 nitrogen and oxygen atoms in total. The minimum atomic E-state index is -0.905. The van der Waals surface area contributed by atoms with Crippen LogP contribution in [-0.2, 0) is 9.53 Å². The Bertz CT molecular complexity index is 242. The lowest BCUT2D eigenvalue weighted by Gasteiger charge is -2.24. The third-order valence-electron chi connectivity index (χ3n) is 2.48. The van der Waals surface area contributed by atoms with Gasteiger partial charge in [-0.3, -0.25) is 4.79 Å². The summed E-state index contributed by atoms with van der Waals surface area (Å²) < 4.78 is 4.62. The van der Waals surface area contributed by atoms with Crippen molar-refractivity contribution in [3.05, 3.63) is 0 Å². The van der Waals surface area contributed by atoms with Crippen molar-refractivity contribution in [2.24, 2.45) is 5.73 Å². The molecule has 0 aromatic rings. The highest BCUT2D eigenvalue weighted by molar-refractivity contribution is 5.83. The van der Waals surface area contributed by atoms with Crippen molar-refractivity contribution in [1.82, 2.24) is 4.90 Å². The van der Waals surface area contributed by atoms with E-state index in [4.69, 9.17) is 5.73 Å². The zero-order valence-corrected chi connectivity index (χ0v) is 8.53. The van der Waals surface area contributed by atoms with E-state index in [1.165, 1.54) is 6.92 Å². The molecular formula is C9H16N2O3. The summed E-state index contributed by atoms with van der Waals surface area (Å²) in [5.41, 5.74) is 4.83. The van der Waals surface area contributed by atoms with Crippen LogP contribution in [0.1, 0.15) is 26.7 Å². The molecule has 80 valence electrons. The maximum Gasteiger partial charge on any atom is 0.405 e. The Morgan fingerprint density at radius 2 is 2.21 bits per heavy atom. The van der Waals surface area contributed by atoms with Crippen molar-refractivity contribution in [3.63, 3.8) is 0 Å². The number of amides is 2. The van der Waals surface area contributed by atoms with Gasteiger partial charge >= 0.3 is 6.09 Å². The quantitative estimate of drug-likeness (QED) is 0.704. The first-order chi connectivity index (χ1) is 6.52. The zero-order chi connectivity index (χ0) is 10.7. The molecule has 0 radical (unpaired) electrons. The highest BCUT2D eigenvalue weighted by Crippen LogP contribution is 2.17. The van der Waals surface area contributed by atoms with Gasteiger partial charge in [-0.05, 0) is 26.7 Å². The summed E-state index contributed by atoms with van der Waals surface area (Å²) in [7, 11) is 0. The number of nitrogens with zero attached hydrogens (tertiary/aromatic N) is 1. The van der Waals surface area contributed by atoms with Gasteiger partial charge in [0.2, 0.25) is 0 Å². The van der Waals surface area contributed by atoms with Gasteiger partial charge in [-0.15, -0.1) is 0 Å². The molecule has 1 fully saturated rings. The van der Waals surface area contributed by atoms with E-state index in [1.807, 2.05) is 6.92 Å². The second-order valence-corrected chi connectivity index (χ2v) is 3.60. The fraction of sp³-hybridized carbons (Fsp3) is 0.778.